The van der Waals surface area contributed by atoms with Crippen LogP contribution in [0.5, 0.6) is 17.2 Å². The number of unbranched alkanes of at least 4 members (excludes halogenated alkanes) is 1. The average Bonchev–Trinajstić information content (AvgIpc) is 3.06. The van der Waals surface area contributed by atoms with Gasteiger partial charge in [0, 0.05) is 11.8 Å². The van der Waals surface area contributed by atoms with Crippen LogP contribution < -0.4 is 15.2 Å². The Kier molecular flexibility index (Phi) is 6.51. The first-order valence-corrected chi connectivity index (χ1v) is 8.85. The van der Waals surface area contributed by atoms with Crippen molar-refractivity contribution in [1.29, 1.82) is 0 Å². The lowest BCUT2D eigenvalue weighted by molar-refractivity contribution is -0.117. The van der Waals surface area contributed by atoms with Crippen molar-refractivity contribution >= 4 is 23.0 Å². The summed E-state index contributed by atoms with van der Waals surface area (Å²) < 4.78 is 10.4. The van der Waals surface area contributed by atoms with E-state index in [1.165, 1.54) is 25.6 Å². The third-order valence-corrected chi connectivity index (χ3v) is 4.60. The number of carbonyl (C=O) groups is 2. The number of ketones is 1. The lowest BCUT2D eigenvalue weighted by atomic mass is 10.1. The minimum absolute atomic E-state index is 0.0256. The molecule has 1 amide bonds. The van der Waals surface area contributed by atoms with Crippen LogP contribution >= 0.6 is 11.3 Å². The lowest BCUT2D eigenvalue weighted by Crippen LogP contribution is -2.15. The number of aromatic hydroxyl groups is 1. The van der Waals surface area contributed by atoms with Crippen LogP contribution in [-0.2, 0) is 11.2 Å². The van der Waals surface area contributed by atoms with Crippen LogP contribution in [-0.4, -0.2) is 41.0 Å². The Morgan fingerprint density at radius 3 is 2.46 bits per heavy atom. The molecular weight excluding hydrogens is 358 g/mol. The van der Waals surface area contributed by atoms with Crippen molar-refractivity contribution in [3.63, 3.8) is 0 Å². The fraction of sp³-hybridized carbons (Fsp3) is 0.412. The summed E-state index contributed by atoms with van der Waals surface area (Å²) in [5.41, 5.74) is 5.73. The Labute approximate surface area is 155 Å². The van der Waals surface area contributed by atoms with Gasteiger partial charge in [-0.1, -0.05) is 0 Å². The maximum Gasteiger partial charge on any atom is 0.271 e. The van der Waals surface area contributed by atoms with Crippen LogP contribution in [0.25, 0.3) is 11.4 Å². The summed E-state index contributed by atoms with van der Waals surface area (Å²) in [6.07, 6.45) is 2.95. The maximum absolute atomic E-state index is 11.6. The standard InChI is InChI=1S/C17H21N3O5S/c1-9(21)6-4-5-7-11-19-10(8-26-11)12-15(24-2)16(25-3)14(22)13(20-12)17(18)23/h8,22H,4-7H2,1-3H3,(H2,18,23). The van der Waals surface area contributed by atoms with Crippen molar-refractivity contribution < 1.29 is 24.2 Å². The molecule has 0 bridgehead atoms. The van der Waals surface area contributed by atoms with Crippen LogP contribution in [0.3, 0.4) is 0 Å². The van der Waals surface area contributed by atoms with Crippen molar-refractivity contribution in [3.05, 3.63) is 16.1 Å². The number of hydrogen-bond acceptors (Lipinski definition) is 8. The molecule has 0 aliphatic rings. The Bertz CT molecular complexity index is 819. The summed E-state index contributed by atoms with van der Waals surface area (Å²) in [4.78, 5) is 31.2. The number of carbonyl (C=O) groups excluding carboxylic acids is 2. The smallest absolute Gasteiger partial charge is 0.271 e. The summed E-state index contributed by atoms with van der Waals surface area (Å²) in [5.74, 6) is -1.04. The molecule has 0 spiro atoms. The highest BCUT2D eigenvalue weighted by Crippen LogP contribution is 2.44. The topological polar surface area (TPSA) is 125 Å². The number of aryl methyl sites for hydroxylation is 1. The molecule has 0 atom stereocenters. The van der Waals surface area contributed by atoms with E-state index in [-0.39, 0.29) is 28.7 Å². The quantitative estimate of drug-likeness (QED) is 0.641. The van der Waals surface area contributed by atoms with Gasteiger partial charge in [-0.15, -0.1) is 11.3 Å². The number of amides is 1. The zero-order valence-corrected chi connectivity index (χ0v) is 15.7. The highest BCUT2D eigenvalue weighted by Gasteiger charge is 2.25. The maximum atomic E-state index is 11.6. The zero-order valence-electron chi connectivity index (χ0n) is 14.9. The van der Waals surface area contributed by atoms with Gasteiger partial charge in [0.1, 0.15) is 17.2 Å². The molecule has 0 saturated carbocycles. The molecule has 2 heterocycles. The molecule has 0 aliphatic carbocycles. The van der Waals surface area contributed by atoms with Gasteiger partial charge >= 0.3 is 0 Å². The number of nitrogens with zero attached hydrogens (tertiary/aromatic N) is 2. The predicted molar refractivity (Wildman–Crippen MR) is 96.9 cm³/mol. The van der Waals surface area contributed by atoms with E-state index in [0.717, 1.165) is 24.3 Å². The monoisotopic (exact) mass is 379 g/mol. The molecule has 2 rings (SSSR count). The van der Waals surface area contributed by atoms with Gasteiger partial charge in [0.15, 0.2) is 17.2 Å². The summed E-state index contributed by atoms with van der Waals surface area (Å²) in [7, 11) is 2.75. The van der Waals surface area contributed by atoms with Crippen molar-refractivity contribution in [3.8, 4) is 28.6 Å². The molecule has 0 aliphatic heterocycles. The summed E-state index contributed by atoms with van der Waals surface area (Å²) in [5, 5.41) is 12.8. The van der Waals surface area contributed by atoms with Crippen LogP contribution in [0.1, 0.15) is 41.7 Å². The predicted octanol–water partition coefficient (Wildman–Crippen LogP) is 2.33. The summed E-state index contributed by atoms with van der Waals surface area (Å²) in [6, 6.07) is 0. The fourth-order valence-corrected chi connectivity index (χ4v) is 3.27. The van der Waals surface area contributed by atoms with E-state index in [2.05, 4.69) is 9.97 Å². The molecule has 9 heteroatoms. The SMILES string of the molecule is COc1c(-c2csc(CCCCC(C)=O)n2)nc(C(N)=O)c(O)c1OC. The number of Topliss-reactive ketones (excluding diaryl/α,β-unsaturated/α-hetero) is 1. The number of rotatable bonds is 9. The second-order valence-electron chi connectivity index (χ2n) is 5.62. The molecule has 0 saturated heterocycles. The van der Waals surface area contributed by atoms with Crippen molar-refractivity contribution in [2.75, 3.05) is 14.2 Å². The van der Waals surface area contributed by atoms with Crippen LogP contribution in [0, 0.1) is 0 Å². The van der Waals surface area contributed by atoms with Gasteiger partial charge in [0.25, 0.3) is 5.91 Å². The van der Waals surface area contributed by atoms with Gasteiger partial charge in [0.2, 0.25) is 5.75 Å². The Balaban J connectivity index is 2.34. The first kappa shape index (κ1) is 19.6. The van der Waals surface area contributed by atoms with E-state index in [0.29, 0.717) is 12.1 Å². The van der Waals surface area contributed by atoms with Crippen LogP contribution in [0.4, 0.5) is 0 Å². The highest BCUT2D eigenvalue weighted by atomic mass is 32.1. The molecular formula is C17H21N3O5S. The molecule has 0 aromatic carbocycles. The second-order valence-corrected chi connectivity index (χ2v) is 6.57. The van der Waals surface area contributed by atoms with Crippen molar-refractivity contribution in [2.45, 2.75) is 32.6 Å². The number of pyridine rings is 1. The fourth-order valence-electron chi connectivity index (χ4n) is 2.45. The number of ether oxygens (including phenoxy) is 2. The van der Waals surface area contributed by atoms with Crippen molar-refractivity contribution in [2.24, 2.45) is 5.73 Å². The summed E-state index contributed by atoms with van der Waals surface area (Å²) >= 11 is 1.44. The molecule has 0 fully saturated rings. The Morgan fingerprint density at radius 1 is 1.19 bits per heavy atom. The molecule has 2 aromatic heterocycles. The van der Waals surface area contributed by atoms with E-state index in [1.807, 2.05) is 0 Å². The van der Waals surface area contributed by atoms with E-state index < -0.39 is 11.7 Å². The molecule has 140 valence electrons. The number of aromatic nitrogens is 2. The number of nitrogens with two attached hydrogens (primary N) is 1. The van der Waals surface area contributed by atoms with Gasteiger partial charge in [-0.25, -0.2) is 9.97 Å². The van der Waals surface area contributed by atoms with Gasteiger partial charge in [-0.2, -0.15) is 0 Å². The van der Waals surface area contributed by atoms with E-state index >= 15 is 0 Å². The third-order valence-electron chi connectivity index (χ3n) is 3.69. The van der Waals surface area contributed by atoms with E-state index in [4.69, 9.17) is 15.2 Å². The molecule has 2 aromatic rings. The first-order chi connectivity index (χ1) is 12.4. The minimum Gasteiger partial charge on any atom is -0.503 e. The minimum atomic E-state index is -0.885. The number of thiazole rings is 1. The molecule has 26 heavy (non-hydrogen) atoms. The number of methoxy groups -OCH3 is 2. The van der Waals surface area contributed by atoms with Gasteiger partial charge in [-0.3, -0.25) is 4.79 Å². The normalized spacial score (nSPS) is 10.6. The average molecular weight is 379 g/mol. The van der Waals surface area contributed by atoms with Crippen molar-refractivity contribution in [1.82, 2.24) is 9.97 Å². The third kappa shape index (κ3) is 4.29. The Morgan fingerprint density at radius 2 is 1.88 bits per heavy atom. The van der Waals surface area contributed by atoms with Gasteiger partial charge in [0.05, 0.1) is 19.2 Å². The largest absolute Gasteiger partial charge is 0.503 e. The molecule has 8 nitrogen and oxygen atoms in total. The summed E-state index contributed by atoms with van der Waals surface area (Å²) in [6.45, 7) is 1.58. The highest BCUT2D eigenvalue weighted by molar-refractivity contribution is 7.09. The molecule has 0 unspecified atom stereocenters. The molecule has 0 radical (unpaired) electrons. The first-order valence-electron chi connectivity index (χ1n) is 7.98. The van der Waals surface area contributed by atoms with E-state index in [9.17, 15) is 14.7 Å². The Hall–Kier alpha value is -2.68. The van der Waals surface area contributed by atoms with Crippen LogP contribution in [0.15, 0.2) is 5.38 Å². The lowest BCUT2D eigenvalue weighted by Gasteiger charge is -2.14. The molecule has 3 N–H and O–H groups in total. The zero-order chi connectivity index (χ0) is 19.3. The van der Waals surface area contributed by atoms with Gasteiger partial charge in [-0.05, 0) is 26.2 Å². The van der Waals surface area contributed by atoms with Gasteiger partial charge < -0.3 is 25.1 Å². The number of hydrogen-bond donors (Lipinski definition) is 2. The number of primary amides is 1. The van der Waals surface area contributed by atoms with Crippen LogP contribution in [0.2, 0.25) is 0 Å². The van der Waals surface area contributed by atoms with E-state index in [1.54, 1.807) is 12.3 Å². The second kappa shape index (κ2) is 8.61.